The topological polar surface area (TPSA) is 64.5 Å². The average Bonchev–Trinajstić information content (AvgIpc) is 2.90. The first-order valence-electron chi connectivity index (χ1n) is 5.38. The largest absolute Gasteiger partial charge is 0.480 e. The molecule has 2 aromatic heterocycles. The molecule has 18 heavy (non-hydrogen) atoms. The maximum atomic E-state index is 10.1. The highest BCUT2D eigenvalue weighted by atomic mass is 32.1. The van der Waals surface area contributed by atoms with E-state index in [1.54, 1.807) is 11.3 Å². The molecule has 0 spiro atoms. The van der Waals surface area contributed by atoms with Crippen molar-refractivity contribution in [1.29, 1.82) is 0 Å². The molecule has 0 aliphatic rings. The van der Waals surface area contributed by atoms with Crippen LogP contribution in [0.15, 0.2) is 23.0 Å². The average molecular weight is 266 g/mol. The third-order valence-corrected chi connectivity index (χ3v) is 3.20. The second-order valence-electron chi connectivity index (χ2n) is 3.66. The number of ether oxygens (including phenoxy) is 2. The molecule has 2 heterocycles. The van der Waals surface area contributed by atoms with Gasteiger partial charge in [-0.05, 0) is 22.4 Å². The molecule has 2 rings (SSSR count). The molecule has 6 heteroatoms. The number of aliphatic hydroxyl groups excluding tert-OH is 1. The Hall–Kier alpha value is -1.66. The summed E-state index contributed by atoms with van der Waals surface area (Å²) in [5.41, 5.74) is 1.48. The molecule has 0 amide bonds. The second-order valence-corrected chi connectivity index (χ2v) is 4.44. The van der Waals surface area contributed by atoms with E-state index in [0.717, 1.165) is 5.56 Å². The zero-order valence-electron chi connectivity index (χ0n) is 10.2. The first kappa shape index (κ1) is 12.8. The fourth-order valence-electron chi connectivity index (χ4n) is 1.57. The fraction of sp³-hybridized carbons (Fsp3) is 0.333. The molecule has 1 unspecified atom stereocenters. The van der Waals surface area contributed by atoms with Crippen LogP contribution in [0.3, 0.4) is 0 Å². The molecule has 0 saturated heterocycles. The van der Waals surface area contributed by atoms with Crippen molar-refractivity contribution < 1.29 is 14.6 Å². The summed E-state index contributed by atoms with van der Waals surface area (Å²) in [7, 11) is 3.00. The van der Waals surface area contributed by atoms with E-state index >= 15 is 0 Å². The monoisotopic (exact) mass is 266 g/mol. The van der Waals surface area contributed by atoms with Crippen LogP contribution in [0.5, 0.6) is 11.8 Å². The van der Waals surface area contributed by atoms with E-state index in [1.165, 1.54) is 20.4 Å². The van der Waals surface area contributed by atoms with E-state index in [4.69, 9.17) is 9.47 Å². The van der Waals surface area contributed by atoms with Gasteiger partial charge in [0, 0.05) is 6.42 Å². The van der Waals surface area contributed by atoms with Crippen molar-refractivity contribution in [2.45, 2.75) is 12.5 Å². The van der Waals surface area contributed by atoms with Gasteiger partial charge < -0.3 is 14.6 Å². The lowest BCUT2D eigenvalue weighted by atomic mass is 10.1. The lowest BCUT2D eigenvalue weighted by molar-refractivity contribution is 0.167. The predicted molar refractivity (Wildman–Crippen MR) is 68.1 cm³/mol. The van der Waals surface area contributed by atoms with Crippen molar-refractivity contribution >= 4 is 11.3 Å². The first-order valence-corrected chi connectivity index (χ1v) is 6.33. The van der Waals surface area contributed by atoms with Crippen LogP contribution < -0.4 is 9.47 Å². The molecule has 1 atom stereocenters. The van der Waals surface area contributed by atoms with Crippen molar-refractivity contribution in [3.63, 3.8) is 0 Å². The molecule has 0 radical (unpaired) electrons. The van der Waals surface area contributed by atoms with E-state index in [-0.39, 0.29) is 5.88 Å². The minimum atomic E-state index is -0.743. The molecular weight excluding hydrogens is 252 g/mol. The maximum absolute atomic E-state index is 10.1. The van der Waals surface area contributed by atoms with Gasteiger partial charge in [-0.1, -0.05) is 0 Å². The minimum absolute atomic E-state index is 0.289. The fourth-order valence-corrected chi connectivity index (χ4v) is 2.25. The number of aromatic nitrogens is 2. The minimum Gasteiger partial charge on any atom is -0.480 e. The van der Waals surface area contributed by atoms with Crippen LogP contribution in [0.1, 0.15) is 17.4 Å². The second kappa shape index (κ2) is 5.79. The number of hydrogen-bond donors (Lipinski definition) is 1. The summed E-state index contributed by atoms with van der Waals surface area (Å²) in [5.74, 6) is 0.649. The molecule has 1 N–H and O–H groups in total. The highest BCUT2D eigenvalue weighted by Crippen LogP contribution is 2.26. The summed E-state index contributed by atoms with van der Waals surface area (Å²) in [5, 5.41) is 14.1. The number of nitrogens with zero attached hydrogens (tertiary/aromatic N) is 2. The Bertz CT molecular complexity index is 502. The number of rotatable bonds is 5. The normalized spacial score (nSPS) is 12.2. The van der Waals surface area contributed by atoms with Gasteiger partial charge in [-0.25, -0.2) is 4.98 Å². The molecule has 0 aromatic carbocycles. The molecule has 5 nitrogen and oxygen atoms in total. The van der Waals surface area contributed by atoms with E-state index in [1.807, 2.05) is 16.8 Å². The Labute approximate surface area is 109 Å². The Kier molecular flexibility index (Phi) is 4.11. The van der Waals surface area contributed by atoms with Gasteiger partial charge in [0.05, 0.1) is 20.4 Å². The lowest BCUT2D eigenvalue weighted by Gasteiger charge is -2.12. The lowest BCUT2D eigenvalue weighted by Crippen LogP contribution is -2.08. The van der Waals surface area contributed by atoms with E-state index in [2.05, 4.69) is 9.97 Å². The van der Waals surface area contributed by atoms with Crippen LogP contribution in [0.25, 0.3) is 0 Å². The number of thiophene rings is 1. The number of aliphatic hydroxyl groups is 1. The third-order valence-electron chi connectivity index (χ3n) is 2.47. The van der Waals surface area contributed by atoms with Gasteiger partial charge in [0.15, 0.2) is 0 Å². The van der Waals surface area contributed by atoms with Gasteiger partial charge >= 0.3 is 0 Å². The molecule has 0 aliphatic heterocycles. The Morgan fingerprint density at radius 2 is 2.22 bits per heavy atom. The summed E-state index contributed by atoms with van der Waals surface area (Å²) in [6.45, 7) is 0. The summed E-state index contributed by atoms with van der Waals surface area (Å²) < 4.78 is 10.1. The van der Waals surface area contributed by atoms with Crippen LogP contribution >= 0.6 is 11.3 Å². The maximum Gasteiger partial charge on any atom is 0.241 e. The summed E-state index contributed by atoms with van der Waals surface area (Å²) in [6.07, 6.45) is 1.21. The molecule has 2 aromatic rings. The van der Waals surface area contributed by atoms with Crippen molar-refractivity contribution in [1.82, 2.24) is 9.97 Å². The van der Waals surface area contributed by atoms with Crippen LogP contribution in [-0.2, 0) is 6.42 Å². The molecule has 0 saturated carbocycles. The molecule has 96 valence electrons. The van der Waals surface area contributed by atoms with Gasteiger partial charge in [0.1, 0.15) is 11.8 Å². The molecule has 0 bridgehead atoms. The Morgan fingerprint density at radius 3 is 2.83 bits per heavy atom. The van der Waals surface area contributed by atoms with Gasteiger partial charge in [-0.3, -0.25) is 0 Å². The number of hydrogen-bond acceptors (Lipinski definition) is 6. The highest BCUT2D eigenvalue weighted by Gasteiger charge is 2.18. The summed E-state index contributed by atoms with van der Waals surface area (Å²) in [4.78, 5) is 8.24. The van der Waals surface area contributed by atoms with Gasteiger partial charge in [0.2, 0.25) is 11.8 Å². The molecular formula is C12H14N2O3S. The zero-order chi connectivity index (χ0) is 13.0. The standard InChI is InChI=1S/C12H14N2O3S/c1-16-10-6-13-11(12(14-10)17-2)9(15)5-8-3-4-18-7-8/h3-4,6-7,9,15H,5H2,1-2H3. The van der Waals surface area contributed by atoms with Crippen molar-refractivity contribution in [3.05, 3.63) is 34.3 Å². The van der Waals surface area contributed by atoms with Crippen LogP contribution in [0.4, 0.5) is 0 Å². The van der Waals surface area contributed by atoms with E-state index < -0.39 is 6.10 Å². The van der Waals surface area contributed by atoms with Gasteiger partial charge in [-0.2, -0.15) is 16.3 Å². The quantitative estimate of drug-likeness (QED) is 0.894. The Morgan fingerprint density at radius 1 is 1.39 bits per heavy atom. The van der Waals surface area contributed by atoms with E-state index in [0.29, 0.717) is 18.0 Å². The Balaban J connectivity index is 2.21. The predicted octanol–water partition coefficient (Wildman–Crippen LogP) is 1.83. The van der Waals surface area contributed by atoms with Gasteiger partial charge in [0.25, 0.3) is 0 Å². The smallest absolute Gasteiger partial charge is 0.241 e. The zero-order valence-corrected chi connectivity index (χ0v) is 11.0. The van der Waals surface area contributed by atoms with Crippen molar-refractivity contribution in [2.75, 3.05) is 14.2 Å². The number of methoxy groups -OCH3 is 2. The summed E-state index contributed by atoms with van der Waals surface area (Å²) >= 11 is 1.59. The third kappa shape index (κ3) is 2.77. The van der Waals surface area contributed by atoms with Crippen molar-refractivity contribution in [2.24, 2.45) is 0 Å². The molecule has 0 aliphatic carbocycles. The van der Waals surface area contributed by atoms with Crippen LogP contribution in [0, 0.1) is 0 Å². The SMILES string of the molecule is COc1cnc(C(O)Cc2ccsc2)c(OC)n1. The van der Waals surface area contributed by atoms with Crippen molar-refractivity contribution in [3.8, 4) is 11.8 Å². The highest BCUT2D eigenvalue weighted by molar-refractivity contribution is 7.07. The first-order chi connectivity index (χ1) is 8.74. The molecule has 0 fully saturated rings. The van der Waals surface area contributed by atoms with E-state index in [9.17, 15) is 5.11 Å². The van der Waals surface area contributed by atoms with Crippen LogP contribution in [-0.4, -0.2) is 29.3 Å². The van der Waals surface area contributed by atoms with Gasteiger partial charge in [-0.15, -0.1) is 0 Å². The summed E-state index contributed by atoms with van der Waals surface area (Å²) in [6, 6.07) is 1.97. The van der Waals surface area contributed by atoms with Crippen LogP contribution in [0.2, 0.25) is 0 Å².